The highest BCUT2D eigenvalue weighted by molar-refractivity contribution is 6.28. The minimum absolute atomic E-state index is 0.245. The van der Waals surface area contributed by atoms with E-state index < -0.39 is 5.60 Å². The number of aryl methyl sites for hydroxylation is 1. The summed E-state index contributed by atoms with van der Waals surface area (Å²) >= 11 is 6.22. The Labute approximate surface area is 170 Å². The molecule has 8 nitrogen and oxygen atoms in total. The Morgan fingerprint density at radius 1 is 1.11 bits per heavy atom. The van der Waals surface area contributed by atoms with Gasteiger partial charge in [0.05, 0.1) is 25.4 Å². The van der Waals surface area contributed by atoms with Crippen LogP contribution in [-0.2, 0) is 18.3 Å². The quantitative estimate of drug-likeness (QED) is 0.773. The molecule has 0 radical (unpaired) electrons. The van der Waals surface area contributed by atoms with Crippen molar-refractivity contribution < 1.29 is 9.84 Å². The van der Waals surface area contributed by atoms with E-state index in [0.717, 1.165) is 68.4 Å². The van der Waals surface area contributed by atoms with Gasteiger partial charge in [-0.15, -0.1) is 0 Å². The Hall–Kier alpha value is -1.48. The molecule has 2 aliphatic heterocycles. The summed E-state index contributed by atoms with van der Waals surface area (Å²) in [4.78, 5) is 18.4. The molecule has 2 fully saturated rings. The average Bonchev–Trinajstić information content (AvgIpc) is 2.97. The number of nitrogens with zero attached hydrogens (tertiary/aromatic N) is 6. The van der Waals surface area contributed by atoms with Crippen LogP contribution in [0.1, 0.15) is 32.5 Å². The molecule has 0 spiro atoms. The van der Waals surface area contributed by atoms with Gasteiger partial charge in [-0.3, -0.25) is 4.90 Å². The molecule has 0 amide bonds. The van der Waals surface area contributed by atoms with Crippen LogP contribution in [0.15, 0.2) is 0 Å². The Morgan fingerprint density at radius 3 is 2.43 bits per heavy atom. The van der Waals surface area contributed by atoms with Crippen molar-refractivity contribution in [2.75, 3.05) is 44.3 Å². The predicted octanol–water partition coefficient (Wildman–Crippen LogP) is 1.84. The molecular formula is C19H29ClN6O2. The third-order valence-corrected chi connectivity index (χ3v) is 6.20. The van der Waals surface area contributed by atoms with Gasteiger partial charge in [-0.2, -0.15) is 9.97 Å². The van der Waals surface area contributed by atoms with Gasteiger partial charge in [0.1, 0.15) is 5.82 Å². The first-order chi connectivity index (χ1) is 13.3. The second kappa shape index (κ2) is 7.74. The minimum atomic E-state index is -0.608. The van der Waals surface area contributed by atoms with Crippen LogP contribution in [0, 0.1) is 5.92 Å². The van der Waals surface area contributed by atoms with Crippen LogP contribution in [0.25, 0.3) is 11.2 Å². The van der Waals surface area contributed by atoms with Crippen LogP contribution < -0.4 is 4.90 Å². The van der Waals surface area contributed by atoms with Crippen LogP contribution in [0.5, 0.6) is 0 Å². The number of fused-ring (bicyclic) bond motifs is 1. The van der Waals surface area contributed by atoms with Crippen LogP contribution in [-0.4, -0.2) is 74.5 Å². The molecule has 0 atom stereocenters. The summed E-state index contributed by atoms with van der Waals surface area (Å²) in [7, 11) is 1.99. The zero-order valence-corrected chi connectivity index (χ0v) is 17.6. The van der Waals surface area contributed by atoms with Crippen LogP contribution in [0.2, 0.25) is 5.28 Å². The molecule has 154 valence electrons. The summed E-state index contributed by atoms with van der Waals surface area (Å²) in [6.07, 6.45) is 2.00. The van der Waals surface area contributed by atoms with Crippen LogP contribution >= 0.6 is 11.6 Å². The number of likely N-dealkylation sites (tertiary alicyclic amines) is 1. The molecule has 4 rings (SSSR count). The number of anilines is 1. The third-order valence-electron chi connectivity index (χ3n) is 6.03. The first kappa shape index (κ1) is 19.8. The van der Waals surface area contributed by atoms with Gasteiger partial charge in [-0.25, -0.2) is 4.98 Å². The average molecular weight is 409 g/mol. The van der Waals surface area contributed by atoms with Crippen molar-refractivity contribution in [2.24, 2.45) is 13.0 Å². The first-order valence-corrected chi connectivity index (χ1v) is 10.4. The van der Waals surface area contributed by atoms with Crippen molar-refractivity contribution in [1.82, 2.24) is 24.4 Å². The number of hydrogen-bond acceptors (Lipinski definition) is 7. The number of aromatic nitrogens is 4. The van der Waals surface area contributed by atoms with E-state index in [-0.39, 0.29) is 5.28 Å². The van der Waals surface area contributed by atoms with E-state index in [0.29, 0.717) is 19.1 Å². The lowest BCUT2D eigenvalue weighted by Gasteiger charge is -2.37. The third kappa shape index (κ3) is 3.96. The highest BCUT2D eigenvalue weighted by Gasteiger charge is 2.31. The van der Waals surface area contributed by atoms with E-state index in [1.54, 1.807) is 0 Å². The molecule has 0 unspecified atom stereocenters. The van der Waals surface area contributed by atoms with Crippen molar-refractivity contribution in [2.45, 2.75) is 38.8 Å². The zero-order valence-electron chi connectivity index (χ0n) is 16.9. The van der Waals surface area contributed by atoms with Gasteiger partial charge in [0.2, 0.25) is 5.28 Å². The lowest BCUT2D eigenvalue weighted by atomic mass is 9.83. The summed E-state index contributed by atoms with van der Waals surface area (Å²) < 4.78 is 7.48. The lowest BCUT2D eigenvalue weighted by Crippen LogP contribution is -2.41. The van der Waals surface area contributed by atoms with E-state index in [1.807, 2.05) is 25.5 Å². The molecule has 28 heavy (non-hydrogen) atoms. The Kier molecular flexibility index (Phi) is 5.48. The molecule has 4 heterocycles. The molecule has 0 aromatic carbocycles. The number of halogens is 1. The standard InChI is InChI=1S/C19H29ClN6O2/c1-19(2,27)13-4-6-25(7-5-13)12-14-21-15-16(24(14)3)22-18(20)23-17(15)26-8-10-28-11-9-26/h13,27H,4-12H2,1-3H3. The fraction of sp³-hybridized carbons (Fsp3) is 0.737. The van der Waals surface area contributed by atoms with Gasteiger partial charge in [0.25, 0.3) is 0 Å². The van der Waals surface area contributed by atoms with Gasteiger partial charge >= 0.3 is 0 Å². The van der Waals surface area contributed by atoms with E-state index in [4.69, 9.17) is 21.3 Å². The van der Waals surface area contributed by atoms with Gasteiger partial charge in [-0.1, -0.05) is 0 Å². The van der Waals surface area contributed by atoms with Gasteiger partial charge in [-0.05, 0) is 57.3 Å². The molecular weight excluding hydrogens is 380 g/mol. The van der Waals surface area contributed by atoms with Crippen molar-refractivity contribution in [3.05, 3.63) is 11.1 Å². The Balaban J connectivity index is 1.56. The number of ether oxygens (including phenoxy) is 1. The molecule has 0 bridgehead atoms. The van der Waals surface area contributed by atoms with E-state index in [9.17, 15) is 5.11 Å². The maximum atomic E-state index is 10.3. The number of rotatable bonds is 4. The fourth-order valence-corrected chi connectivity index (χ4v) is 4.36. The maximum absolute atomic E-state index is 10.3. The lowest BCUT2D eigenvalue weighted by molar-refractivity contribution is -0.0139. The Bertz CT molecular complexity index is 835. The molecule has 0 aliphatic carbocycles. The minimum Gasteiger partial charge on any atom is -0.390 e. The summed E-state index contributed by atoms with van der Waals surface area (Å²) in [6, 6.07) is 0. The largest absolute Gasteiger partial charge is 0.390 e. The molecule has 2 aliphatic rings. The Morgan fingerprint density at radius 2 is 1.79 bits per heavy atom. The van der Waals surface area contributed by atoms with Gasteiger partial charge in [0, 0.05) is 20.1 Å². The summed E-state index contributed by atoms with van der Waals surface area (Å²) in [5, 5.41) is 10.5. The summed E-state index contributed by atoms with van der Waals surface area (Å²) in [5.74, 6) is 2.10. The highest BCUT2D eigenvalue weighted by atomic mass is 35.5. The van der Waals surface area contributed by atoms with E-state index >= 15 is 0 Å². The van der Waals surface area contributed by atoms with Crippen molar-refractivity contribution >= 4 is 28.6 Å². The van der Waals surface area contributed by atoms with Crippen molar-refractivity contribution in [3.63, 3.8) is 0 Å². The van der Waals surface area contributed by atoms with Crippen LogP contribution in [0.4, 0.5) is 5.82 Å². The number of aliphatic hydroxyl groups is 1. The van der Waals surface area contributed by atoms with E-state index in [2.05, 4.69) is 19.8 Å². The topological polar surface area (TPSA) is 79.5 Å². The van der Waals surface area contributed by atoms with Gasteiger partial charge < -0.3 is 19.3 Å². The molecule has 1 N–H and O–H groups in total. The smallest absolute Gasteiger partial charge is 0.226 e. The SMILES string of the molecule is Cn1c(CN2CCC(C(C)(C)O)CC2)nc2c(N3CCOCC3)nc(Cl)nc21. The maximum Gasteiger partial charge on any atom is 0.226 e. The monoisotopic (exact) mass is 408 g/mol. The predicted molar refractivity (Wildman–Crippen MR) is 109 cm³/mol. The first-order valence-electron chi connectivity index (χ1n) is 9.99. The van der Waals surface area contributed by atoms with Crippen molar-refractivity contribution in [1.29, 1.82) is 0 Å². The number of imidazole rings is 1. The highest BCUT2D eigenvalue weighted by Crippen LogP contribution is 2.30. The molecule has 0 saturated carbocycles. The van der Waals surface area contributed by atoms with Gasteiger partial charge in [0.15, 0.2) is 17.0 Å². The second-order valence-corrected chi connectivity index (χ2v) is 8.72. The molecule has 9 heteroatoms. The fourth-order valence-electron chi connectivity index (χ4n) is 4.20. The normalized spacial score (nSPS) is 20.2. The van der Waals surface area contributed by atoms with Crippen molar-refractivity contribution in [3.8, 4) is 0 Å². The number of piperidine rings is 1. The summed E-state index contributed by atoms with van der Waals surface area (Å²) in [6.45, 7) is 9.41. The van der Waals surface area contributed by atoms with E-state index in [1.165, 1.54) is 0 Å². The number of morpholine rings is 1. The molecule has 2 aromatic heterocycles. The summed E-state index contributed by atoms with van der Waals surface area (Å²) in [5.41, 5.74) is 0.960. The second-order valence-electron chi connectivity index (χ2n) is 8.38. The van der Waals surface area contributed by atoms with Crippen LogP contribution in [0.3, 0.4) is 0 Å². The molecule has 2 aromatic rings. The molecule has 2 saturated heterocycles. The zero-order chi connectivity index (χ0) is 19.9. The number of hydrogen-bond donors (Lipinski definition) is 1.